The topological polar surface area (TPSA) is 51.8 Å². The van der Waals surface area contributed by atoms with Crippen LogP contribution in [0.15, 0.2) is 192 Å². The molecule has 11 aromatic rings. The van der Waals surface area contributed by atoms with Crippen LogP contribution in [0.2, 0.25) is 0 Å². The molecule has 3 aromatic heterocycles. The summed E-state index contributed by atoms with van der Waals surface area (Å²) in [6.45, 7) is 0. The fourth-order valence-corrected chi connectivity index (χ4v) is 9.10. The number of thiophene rings is 1. The van der Waals surface area contributed by atoms with E-state index in [-0.39, 0.29) is 0 Å². The molecule has 0 amide bonds. The molecule has 0 aliphatic rings. The molecule has 3 heterocycles. The summed E-state index contributed by atoms with van der Waals surface area (Å²) in [5.41, 5.74) is 11.4. The predicted molar refractivity (Wildman–Crippen MR) is 233 cm³/mol. The van der Waals surface area contributed by atoms with Crippen LogP contribution in [0.1, 0.15) is 0 Å². The Balaban J connectivity index is 1.04. The van der Waals surface area contributed by atoms with E-state index in [0.29, 0.717) is 17.5 Å². The molecule has 0 aliphatic heterocycles. The third-order valence-corrected chi connectivity index (χ3v) is 11.8. The van der Waals surface area contributed by atoms with Crippen molar-refractivity contribution >= 4 is 53.4 Å². The number of rotatable bonds is 6. The van der Waals surface area contributed by atoms with Gasteiger partial charge in [0.15, 0.2) is 17.5 Å². The lowest BCUT2D eigenvalue weighted by Crippen LogP contribution is -2.00. The molecule has 0 N–H and O–H groups in total. The second-order valence-corrected chi connectivity index (χ2v) is 15.0. The molecule has 4 nitrogen and oxygen atoms in total. The summed E-state index contributed by atoms with van der Waals surface area (Å²) < 4.78 is 9.35. The van der Waals surface area contributed by atoms with Gasteiger partial charge >= 0.3 is 0 Å². The lowest BCUT2D eigenvalue weighted by atomic mass is 9.96. The molecule has 0 radical (unpaired) electrons. The maximum absolute atomic E-state index is 6.82. The van der Waals surface area contributed by atoms with Crippen LogP contribution >= 0.6 is 11.3 Å². The highest BCUT2D eigenvalue weighted by atomic mass is 32.1. The number of benzene rings is 8. The van der Waals surface area contributed by atoms with E-state index in [2.05, 4.69) is 127 Å². The summed E-state index contributed by atoms with van der Waals surface area (Å²) in [7, 11) is 0. The first kappa shape index (κ1) is 32.2. The summed E-state index contributed by atoms with van der Waals surface area (Å²) in [5, 5.41) is 4.70. The maximum atomic E-state index is 6.82. The minimum Gasteiger partial charge on any atom is -0.455 e. The lowest BCUT2D eigenvalue weighted by Gasteiger charge is -2.10. The van der Waals surface area contributed by atoms with Crippen LogP contribution < -0.4 is 0 Å². The third-order valence-electron chi connectivity index (χ3n) is 10.5. The SMILES string of the molecule is c1ccc(-c2ccc3sc4c(-c5cccc6c5oc5cccc(-c7cccc(-c8nc(-c9ccccc9)nc(-c9ccccc9)n8)c7)c56)cccc4c3c2)cc1. The van der Waals surface area contributed by atoms with E-state index in [9.17, 15) is 0 Å². The van der Waals surface area contributed by atoms with Crippen LogP contribution in [0.3, 0.4) is 0 Å². The zero-order valence-electron chi connectivity index (χ0n) is 30.1. The second kappa shape index (κ2) is 13.3. The van der Waals surface area contributed by atoms with E-state index < -0.39 is 0 Å². The third kappa shape index (κ3) is 5.48. The fourth-order valence-electron chi connectivity index (χ4n) is 7.88. The number of nitrogens with zero attached hydrogens (tertiary/aromatic N) is 3. The molecule has 5 heteroatoms. The normalized spacial score (nSPS) is 11.6. The Morgan fingerprint density at radius 3 is 1.62 bits per heavy atom. The predicted octanol–water partition coefficient (Wildman–Crippen LogP) is 14.1. The van der Waals surface area contributed by atoms with Gasteiger partial charge in [-0.2, -0.15) is 0 Å². The van der Waals surface area contributed by atoms with Gasteiger partial charge in [-0.1, -0.05) is 164 Å². The van der Waals surface area contributed by atoms with Crippen LogP contribution in [0.4, 0.5) is 0 Å². The summed E-state index contributed by atoms with van der Waals surface area (Å²) in [4.78, 5) is 14.9. The van der Waals surface area contributed by atoms with Crippen molar-refractivity contribution in [1.82, 2.24) is 15.0 Å². The fraction of sp³-hybridized carbons (Fsp3) is 0. The molecule has 56 heavy (non-hydrogen) atoms. The first-order valence-corrected chi connectivity index (χ1v) is 19.5. The van der Waals surface area contributed by atoms with Gasteiger partial charge in [0.25, 0.3) is 0 Å². The smallest absolute Gasteiger partial charge is 0.164 e. The number of hydrogen-bond donors (Lipinski definition) is 0. The van der Waals surface area contributed by atoms with Gasteiger partial charge in [0.1, 0.15) is 11.2 Å². The van der Waals surface area contributed by atoms with E-state index in [1.165, 1.54) is 36.9 Å². The average Bonchev–Trinajstić information content (AvgIpc) is 3.86. The van der Waals surface area contributed by atoms with E-state index >= 15 is 0 Å². The summed E-state index contributed by atoms with van der Waals surface area (Å²) in [5.74, 6) is 1.90. The Bertz CT molecular complexity index is 3180. The monoisotopic (exact) mass is 733 g/mol. The highest BCUT2D eigenvalue weighted by Crippen LogP contribution is 2.45. The maximum Gasteiger partial charge on any atom is 0.164 e. The van der Waals surface area contributed by atoms with Gasteiger partial charge in [-0.25, -0.2) is 15.0 Å². The molecule has 0 bridgehead atoms. The molecule has 0 unspecified atom stereocenters. The Hall–Kier alpha value is -7.21. The van der Waals surface area contributed by atoms with Crippen molar-refractivity contribution in [2.75, 3.05) is 0 Å². The largest absolute Gasteiger partial charge is 0.455 e. The molecular formula is C51H31N3OS. The van der Waals surface area contributed by atoms with Crippen molar-refractivity contribution in [2.45, 2.75) is 0 Å². The first-order chi connectivity index (χ1) is 27.7. The zero-order valence-corrected chi connectivity index (χ0v) is 30.9. The highest BCUT2D eigenvalue weighted by molar-refractivity contribution is 7.26. The van der Waals surface area contributed by atoms with E-state index in [4.69, 9.17) is 19.4 Å². The van der Waals surface area contributed by atoms with Crippen molar-refractivity contribution in [1.29, 1.82) is 0 Å². The second-order valence-electron chi connectivity index (χ2n) is 13.9. The molecule has 0 aliphatic carbocycles. The quantitative estimate of drug-likeness (QED) is 0.171. The Morgan fingerprint density at radius 1 is 0.357 bits per heavy atom. The van der Waals surface area contributed by atoms with Crippen LogP contribution in [0, 0.1) is 0 Å². The molecule has 0 saturated heterocycles. The van der Waals surface area contributed by atoms with Crippen molar-refractivity contribution in [2.24, 2.45) is 0 Å². The minimum absolute atomic E-state index is 0.624. The van der Waals surface area contributed by atoms with Crippen LogP contribution in [0.5, 0.6) is 0 Å². The number of para-hydroxylation sites is 1. The first-order valence-electron chi connectivity index (χ1n) is 18.7. The number of hydrogen-bond acceptors (Lipinski definition) is 5. The van der Waals surface area contributed by atoms with Gasteiger partial charge in [-0.05, 0) is 46.5 Å². The summed E-state index contributed by atoms with van der Waals surface area (Å²) >= 11 is 1.84. The molecule has 262 valence electrons. The lowest BCUT2D eigenvalue weighted by molar-refractivity contribution is 0.670. The molecule has 0 saturated carbocycles. The van der Waals surface area contributed by atoms with Gasteiger partial charge in [-0.3, -0.25) is 0 Å². The Kier molecular flexibility index (Phi) is 7.64. The Morgan fingerprint density at radius 2 is 0.911 bits per heavy atom. The van der Waals surface area contributed by atoms with Gasteiger partial charge in [-0.15, -0.1) is 11.3 Å². The van der Waals surface area contributed by atoms with Crippen molar-refractivity contribution < 1.29 is 4.42 Å². The van der Waals surface area contributed by atoms with Crippen LogP contribution in [0.25, 0.3) is 110 Å². The number of aromatic nitrogens is 3. The summed E-state index contributed by atoms with van der Waals surface area (Å²) in [6.07, 6.45) is 0. The number of fused-ring (bicyclic) bond motifs is 6. The van der Waals surface area contributed by atoms with E-state index in [1.807, 2.05) is 72.0 Å². The molecular weight excluding hydrogens is 703 g/mol. The summed E-state index contributed by atoms with van der Waals surface area (Å²) in [6, 6.07) is 65.6. The highest BCUT2D eigenvalue weighted by Gasteiger charge is 2.20. The van der Waals surface area contributed by atoms with Gasteiger partial charge in [0.2, 0.25) is 0 Å². The standard InChI is InChI=1S/C51H31N3OS/c1-4-14-32(15-5-1)35-28-29-45-43(31-35)41-25-12-24-40(48(41)56-45)39-23-11-26-42-46-38(22-13-27-44(46)55-47(39)42)36-20-10-21-37(30-36)51-53-49(33-16-6-2-7-17-33)52-50(54-51)34-18-8-3-9-19-34/h1-31H. The van der Waals surface area contributed by atoms with E-state index in [0.717, 1.165) is 55.3 Å². The van der Waals surface area contributed by atoms with Crippen LogP contribution in [-0.4, -0.2) is 15.0 Å². The average molecular weight is 734 g/mol. The van der Waals surface area contributed by atoms with Crippen molar-refractivity contribution in [3.63, 3.8) is 0 Å². The Labute approximate surface area is 327 Å². The molecule has 11 rings (SSSR count). The molecule has 0 fully saturated rings. The number of furan rings is 1. The van der Waals surface area contributed by atoms with Crippen LogP contribution in [-0.2, 0) is 0 Å². The van der Waals surface area contributed by atoms with E-state index in [1.54, 1.807) is 0 Å². The molecule has 0 atom stereocenters. The minimum atomic E-state index is 0.624. The zero-order chi connectivity index (χ0) is 37.0. The van der Waals surface area contributed by atoms with Crippen molar-refractivity contribution in [3.8, 4) is 67.5 Å². The van der Waals surface area contributed by atoms with Gasteiger partial charge in [0.05, 0.1) is 0 Å². The molecule has 0 spiro atoms. The van der Waals surface area contributed by atoms with Crippen molar-refractivity contribution in [3.05, 3.63) is 188 Å². The molecule has 8 aromatic carbocycles. The van der Waals surface area contributed by atoms with Gasteiger partial charge < -0.3 is 4.42 Å². The van der Waals surface area contributed by atoms with Gasteiger partial charge in [0, 0.05) is 58.8 Å².